The molecule has 0 N–H and O–H groups in total. The van der Waals surface area contributed by atoms with Gasteiger partial charge in [0.2, 0.25) is 0 Å². The topological polar surface area (TPSA) is 43.6 Å². The average Bonchev–Trinajstić information content (AvgIpc) is 2.65. The summed E-state index contributed by atoms with van der Waals surface area (Å²) in [4.78, 5) is 1.23. The molecule has 6 heteroatoms. The number of hydrogen-bond donors (Lipinski definition) is 0. The van der Waals surface area contributed by atoms with Crippen LogP contribution in [0.25, 0.3) is 0 Å². The second-order valence-corrected chi connectivity index (χ2v) is 4.43. The van der Waals surface area contributed by atoms with Gasteiger partial charge in [0, 0.05) is 9.35 Å². The predicted octanol–water partition coefficient (Wildman–Crippen LogP) is 1.85. The van der Waals surface area contributed by atoms with Crippen LogP contribution in [0.1, 0.15) is 10.7 Å². The van der Waals surface area contributed by atoms with Crippen molar-refractivity contribution < 1.29 is 0 Å². The van der Waals surface area contributed by atoms with Crippen molar-refractivity contribution in [1.29, 1.82) is 0 Å². The van der Waals surface area contributed by atoms with E-state index in [2.05, 4.69) is 31.5 Å². The summed E-state index contributed by atoms with van der Waals surface area (Å²) >= 11 is 5.16. The van der Waals surface area contributed by atoms with Gasteiger partial charge in [-0.2, -0.15) is 0 Å². The zero-order valence-corrected chi connectivity index (χ0v) is 9.34. The number of tetrazole rings is 1. The van der Waals surface area contributed by atoms with E-state index in [9.17, 15) is 0 Å². The molecule has 2 aromatic heterocycles. The smallest absolute Gasteiger partial charge is 0.148 e. The Bertz CT molecular complexity index is 370. The van der Waals surface area contributed by atoms with E-state index in [1.807, 2.05) is 18.4 Å². The Labute approximate surface area is 87.7 Å². The van der Waals surface area contributed by atoms with Crippen LogP contribution in [-0.4, -0.2) is 20.2 Å². The molecule has 0 saturated heterocycles. The summed E-state index contributed by atoms with van der Waals surface area (Å²) < 4.78 is 2.89. The zero-order chi connectivity index (χ0) is 9.26. The summed E-state index contributed by atoms with van der Waals surface area (Å²) in [5, 5.41) is 13.3. The van der Waals surface area contributed by atoms with Crippen LogP contribution in [0.5, 0.6) is 0 Å². The van der Waals surface area contributed by atoms with Crippen LogP contribution in [-0.2, 0) is 6.54 Å². The Morgan fingerprint density at radius 3 is 3.00 bits per heavy atom. The second-order valence-electron chi connectivity index (χ2n) is 2.58. The van der Waals surface area contributed by atoms with Gasteiger partial charge >= 0.3 is 0 Å². The molecule has 0 bridgehead atoms. The summed E-state index contributed by atoms with van der Waals surface area (Å²) in [7, 11) is 0. The normalized spacial score (nSPS) is 10.6. The quantitative estimate of drug-likeness (QED) is 0.826. The highest BCUT2D eigenvalue weighted by atomic mass is 79.9. The number of hydrogen-bond acceptors (Lipinski definition) is 4. The van der Waals surface area contributed by atoms with E-state index < -0.39 is 0 Å². The SMILES string of the molecule is Cc1nnnn1Cc1sccc1Br. The maximum absolute atomic E-state index is 3.87. The molecule has 2 heterocycles. The van der Waals surface area contributed by atoms with Gasteiger partial charge in [-0.05, 0) is 44.7 Å². The molecular formula is C7H7BrN4S. The van der Waals surface area contributed by atoms with E-state index in [0.29, 0.717) is 0 Å². The minimum absolute atomic E-state index is 0.733. The first kappa shape index (κ1) is 8.83. The largest absolute Gasteiger partial charge is 0.225 e. The number of aryl methyl sites for hydroxylation is 1. The van der Waals surface area contributed by atoms with Crippen molar-refractivity contribution in [3.05, 3.63) is 26.6 Å². The Hall–Kier alpha value is -0.750. The molecule has 4 nitrogen and oxygen atoms in total. The second kappa shape index (κ2) is 3.55. The maximum Gasteiger partial charge on any atom is 0.148 e. The number of rotatable bonds is 2. The number of nitrogens with zero attached hydrogens (tertiary/aromatic N) is 4. The molecule has 68 valence electrons. The van der Waals surface area contributed by atoms with Gasteiger partial charge in [-0.1, -0.05) is 0 Å². The summed E-state index contributed by atoms with van der Waals surface area (Å²) in [5.41, 5.74) is 0. The lowest BCUT2D eigenvalue weighted by Gasteiger charge is -1.98. The first-order valence-corrected chi connectivity index (χ1v) is 5.39. The van der Waals surface area contributed by atoms with Crippen molar-refractivity contribution in [3.63, 3.8) is 0 Å². The van der Waals surface area contributed by atoms with Gasteiger partial charge in [-0.25, -0.2) is 4.68 Å². The Morgan fingerprint density at radius 1 is 1.62 bits per heavy atom. The molecule has 0 unspecified atom stereocenters. The van der Waals surface area contributed by atoms with Gasteiger partial charge in [-0.3, -0.25) is 0 Å². The van der Waals surface area contributed by atoms with Crippen LogP contribution >= 0.6 is 27.3 Å². The van der Waals surface area contributed by atoms with Gasteiger partial charge in [0.25, 0.3) is 0 Å². The van der Waals surface area contributed by atoms with Crippen LogP contribution in [0, 0.1) is 6.92 Å². The third-order valence-electron chi connectivity index (χ3n) is 1.70. The molecule has 0 saturated carbocycles. The molecule has 2 aromatic rings. The highest BCUT2D eigenvalue weighted by molar-refractivity contribution is 9.10. The third-order valence-corrected chi connectivity index (χ3v) is 3.61. The van der Waals surface area contributed by atoms with Crippen molar-refractivity contribution in [2.45, 2.75) is 13.5 Å². The summed E-state index contributed by atoms with van der Waals surface area (Å²) in [6, 6.07) is 2.03. The molecule has 0 aliphatic heterocycles. The third kappa shape index (κ3) is 1.78. The minimum Gasteiger partial charge on any atom is -0.225 e. The average molecular weight is 259 g/mol. The zero-order valence-electron chi connectivity index (χ0n) is 6.94. The monoisotopic (exact) mass is 258 g/mol. The molecule has 0 fully saturated rings. The number of halogens is 1. The van der Waals surface area contributed by atoms with E-state index in [1.165, 1.54) is 4.88 Å². The van der Waals surface area contributed by atoms with E-state index in [-0.39, 0.29) is 0 Å². The van der Waals surface area contributed by atoms with E-state index >= 15 is 0 Å². The molecule has 0 aliphatic carbocycles. The molecule has 0 atom stereocenters. The van der Waals surface area contributed by atoms with Crippen molar-refractivity contribution in [2.24, 2.45) is 0 Å². The van der Waals surface area contributed by atoms with E-state index in [1.54, 1.807) is 16.0 Å². The van der Waals surface area contributed by atoms with Crippen LogP contribution in [0.3, 0.4) is 0 Å². The summed E-state index contributed by atoms with van der Waals surface area (Å²) in [5.74, 6) is 0.834. The van der Waals surface area contributed by atoms with Gasteiger partial charge in [0.1, 0.15) is 5.82 Å². The molecule has 0 amide bonds. The lowest BCUT2D eigenvalue weighted by Crippen LogP contribution is -2.02. The Balaban J connectivity index is 2.24. The molecule has 2 rings (SSSR count). The first-order valence-electron chi connectivity index (χ1n) is 3.72. The highest BCUT2D eigenvalue weighted by Crippen LogP contribution is 2.23. The first-order chi connectivity index (χ1) is 6.27. The van der Waals surface area contributed by atoms with Crippen molar-refractivity contribution in [3.8, 4) is 0 Å². The number of aromatic nitrogens is 4. The fraction of sp³-hybridized carbons (Fsp3) is 0.286. The molecular weight excluding hydrogens is 252 g/mol. The predicted molar refractivity (Wildman–Crippen MR) is 53.7 cm³/mol. The van der Waals surface area contributed by atoms with Crippen LogP contribution < -0.4 is 0 Å². The summed E-state index contributed by atoms with van der Waals surface area (Å²) in [6.45, 7) is 2.62. The standard InChI is InChI=1S/C7H7BrN4S/c1-5-9-10-11-12(5)4-7-6(8)2-3-13-7/h2-3H,4H2,1H3. The minimum atomic E-state index is 0.733. The van der Waals surface area contributed by atoms with Crippen LogP contribution in [0.15, 0.2) is 15.9 Å². The lowest BCUT2D eigenvalue weighted by atomic mass is 10.4. The molecule has 0 spiro atoms. The van der Waals surface area contributed by atoms with Gasteiger partial charge < -0.3 is 0 Å². The van der Waals surface area contributed by atoms with Gasteiger partial charge in [0.05, 0.1) is 6.54 Å². The van der Waals surface area contributed by atoms with E-state index in [4.69, 9.17) is 0 Å². The van der Waals surface area contributed by atoms with Crippen LogP contribution in [0.4, 0.5) is 0 Å². The Kier molecular flexibility index (Phi) is 2.41. The van der Waals surface area contributed by atoms with E-state index in [0.717, 1.165) is 16.8 Å². The van der Waals surface area contributed by atoms with Crippen molar-refractivity contribution in [1.82, 2.24) is 20.2 Å². The fourth-order valence-electron chi connectivity index (χ4n) is 0.969. The van der Waals surface area contributed by atoms with Crippen LogP contribution in [0.2, 0.25) is 0 Å². The number of thiophene rings is 1. The van der Waals surface area contributed by atoms with Crippen molar-refractivity contribution >= 4 is 27.3 Å². The molecule has 0 aliphatic rings. The molecule has 13 heavy (non-hydrogen) atoms. The molecule has 0 radical (unpaired) electrons. The highest BCUT2D eigenvalue weighted by Gasteiger charge is 2.05. The van der Waals surface area contributed by atoms with Gasteiger partial charge in [-0.15, -0.1) is 16.4 Å². The van der Waals surface area contributed by atoms with Crippen molar-refractivity contribution in [2.75, 3.05) is 0 Å². The fourth-order valence-corrected chi connectivity index (χ4v) is 2.43. The molecule has 0 aromatic carbocycles. The van der Waals surface area contributed by atoms with Gasteiger partial charge in [0.15, 0.2) is 0 Å². The lowest BCUT2D eigenvalue weighted by molar-refractivity contribution is 0.638. The Morgan fingerprint density at radius 2 is 2.46 bits per heavy atom. The summed E-state index contributed by atoms with van der Waals surface area (Å²) in [6.07, 6.45) is 0. The maximum atomic E-state index is 3.87.